The molecule has 29 heavy (non-hydrogen) atoms. The highest BCUT2D eigenvalue weighted by atomic mass is 35.5. The Bertz CT molecular complexity index is 897. The van der Waals surface area contributed by atoms with E-state index in [-0.39, 0.29) is 11.7 Å². The third-order valence-corrected chi connectivity index (χ3v) is 6.43. The van der Waals surface area contributed by atoms with E-state index < -0.39 is 5.54 Å². The molecule has 8 heteroatoms. The van der Waals surface area contributed by atoms with Crippen LogP contribution < -0.4 is 10.2 Å². The Morgan fingerprint density at radius 1 is 1.31 bits per heavy atom. The second-order valence-electron chi connectivity index (χ2n) is 7.06. The van der Waals surface area contributed by atoms with Gasteiger partial charge in [0.25, 0.3) is 0 Å². The first-order valence-corrected chi connectivity index (χ1v) is 11.3. The molecule has 0 atom stereocenters. The Kier molecular flexibility index (Phi) is 7.09. The van der Waals surface area contributed by atoms with Crippen molar-refractivity contribution in [3.8, 4) is 18.0 Å². The number of terminal acetylenes is 1. The van der Waals surface area contributed by atoms with Gasteiger partial charge in [-0.1, -0.05) is 49.2 Å². The predicted molar refractivity (Wildman–Crippen MR) is 119 cm³/mol. The van der Waals surface area contributed by atoms with Crippen LogP contribution in [0.15, 0.2) is 29.4 Å². The summed E-state index contributed by atoms with van der Waals surface area (Å²) in [5.74, 6) is 3.62. The number of aromatic nitrogens is 3. The van der Waals surface area contributed by atoms with E-state index in [4.69, 9.17) is 18.0 Å². The Balaban J connectivity index is 1.82. The maximum atomic E-state index is 12.6. The zero-order valence-corrected chi connectivity index (χ0v) is 18.4. The third-order valence-electron chi connectivity index (χ3n) is 5.27. The molecule has 154 valence electrons. The van der Waals surface area contributed by atoms with Gasteiger partial charge in [-0.05, 0) is 43.9 Å². The minimum atomic E-state index is -0.598. The summed E-state index contributed by atoms with van der Waals surface area (Å²) in [7, 11) is 0. The van der Waals surface area contributed by atoms with Crippen LogP contribution in [-0.2, 0) is 4.79 Å². The number of halogens is 1. The maximum absolute atomic E-state index is 12.6. The van der Waals surface area contributed by atoms with E-state index in [0.29, 0.717) is 23.0 Å². The first-order chi connectivity index (χ1) is 14.0. The standard InChI is InChI=1S/C21H26ClN5OS/c1-4-21(5-2,6-3)23-18(28)15-29-20-25-24-19(26-12-7-8-13-26)27(20)17-11-9-10-16(22)14-17/h1,9-11,14H,5-8,12-13,15H2,2-3H3,(H,23,28). The van der Waals surface area contributed by atoms with E-state index in [1.807, 2.05) is 42.7 Å². The number of hydrogen-bond donors (Lipinski definition) is 1. The first kappa shape index (κ1) is 21.5. The van der Waals surface area contributed by atoms with Gasteiger partial charge in [0.15, 0.2) is 5.16 Å². The second-order valence-corrected chi connectivity index (χ2v) is 8.44. The van der Waals surface area contributed by atoms with Crippen LogP contribution in [0, 0.1) is 12.3 Å². The van der Waals surface area contributed by atoms with Crippen molar-refractivity contribution in [2.45, 2.75) is 50.2 Å². The van der Waals surface area contributed by atoms with E-state index >= 15 is 0 Å². The van der Waals surface area contributed by atoms with Gasteiger partial charge < -0.3 is 10.2 Å². The number of amides is 1. The van der Waals surface area contributed by atoms with Crippen molar-refractivity contribution < 1.29 is 4.79 Å². The molecule has 1 aromatic carbocycles. The molecule has 1 aliphatic rings. The van der Waals surface area contributed by atoms with Crippen molar-refractivity contribution >= 4 is 35.2 Å². The van der Waals surface area contributed by atoms with Gasteiger partial charge in [-0.15, -0.1) is 16.6 Å². The molecule has 3 rings (SSSR count). The number of benzene rings is 1. The summed E-state index contributed by atoms with van der Waals surface area (Å²) in [6.45, 7) is 5.85. The summed E-state index contributed by atoms with van der Waals surface area (Å²) in [5.41, 5.74) is 0.284. The molecular weight excluding hydrogens is 406 g/mol. The van der Waals surface area contributed by atoms with Crippen molar-refractivity contribution in [1.82, 2.24) is 20.1 Å². The lowest BCUT2D eigenvalue weighted by molar-refractivity contribution is -0.119. The van der Waals surface area contributed by atoms with Crippen molar-refractivity contribution in [1.29, 1.82) is 0 Å². The molecule has 0 aliphatic carbocycles. The molecule has 0 saturated carbocycles. The van der Waals surface area contributed by atoms with Crippen molar-refractivity contribution in [2.75, 3.05) is 23.7 Å². The predicted octanol–water partition coefficient (Wildman–Crippen LogP) is 3.92. The lowest BCUT2D eigenvalue weighted by Crippen LogP contribution is -2.47. The van der Waals surface area contributed by atoms with E-state index in [1.54, 1.807) is 0 Å². The molecule has 1 saturated heterocycles. The fraction of sp³-hybridized carbons (Fsp3) is 0.476. The number of carbonyl (C=O) groups excluding carboxylic acids is 1. The average Bonchev–Trinajstić information content (AvgIpc) is 3.40. The smallest absolute Gasteiger partial charge is 0.232 e. The number of carbonyl (C=O) groups is 1. The summed E-state index contributed by atoms with van der Waals surface area (Å²) < 4.78 is 1.98. The molecule has 0 bridgehead atoms. The first-order valence-electron chi connectivity index (χ1n) is 9.89. The van der Waals surface area contributed by atoms with Gasteiger partial charge in [0.2, 0.25) is 11.9 Å². The molecule has 0 spiro atoms. The molecule has 1 N–H and O–H groups in total. The van der Waals surface area contributed by atoms with Gasteiger partial charge in [-0.2, -0.15) is 0 Å². The van der Waals surface area contributed by atoms with Gasteiger partial charge in [0.05, 0.1) is 11.4 Å². The lowest BCUT2D eigenvalue weighted by Gasteiger charge is -2.26. The van der Waals surface area contributed by atoms with Crippen LogP contribution in [0.3, 0.4) is 0 Å². The molecular formula is C21H26ClN5OS. The SMILES string of the molecule is C#CC(CC)(CC)NC(=O)CSc1nnc(N2CCCC2)n1-c1cccc(Cl)c1. The van der Waals surface area contributed by atoms with Crippen molar-refractivity contribution in [2.24, 2.45) is 0 Å². The van der Waals surface area contributed by atoms with Crippen LogP contribution >= 0.6 is 23.4 Å². The zero-order chi connectivity index (χ0) is 20.9. The van der Waals surface area contributed by atoms with E-state index in [1.165, 1.54) is 11.8 Å². The number of rotatable bonds is 8. The minimum Gasteiger partial charge on any atom is -0.341 e. The maximum Gasteiger partial charge on any atom is 0.232 e. The highest BCUT2D eigenvalue weighted by Crippen LogP contribution is 2.29. The molecule has 6 nitrogen and oxygen atoms in total. The summed E-state index contributed by atoms with van der Waals surface area (Å²) in [6.07, 6.45) is 9.30. The largest absolute Gasteiger partial charge is 0.341 e. The summed E-state index contributed by atoms with van der Waals surface area (Å²) in [4.78, 5) is 14.8. The van der Waals surface area contributed by atoms with Crippen LogP contribution in [0.25, 0.3) is 5.69 Å². The highest BCUT2D eigenvalue weighted by Gasteiger charge is 2.26. The number of anilines is 1. The van der Waals surface area contributed by atoms with Crippen molar-refractivity contribution in [3.63, 3.8) is 0 Å². The molecule has 2 aromatic rings. The molecule has 0 radical (unpaired) electrons. The van der Waals surface area contributed by atoms with Crippen molar-refractivity contribution in [3.05, 3.63) is 29.3 Å². The number of thioether (sulfide) groups is 1. The topological polar surface area (TPSA) is 63.1 Å². The van der Waals surface area contributed by atoms with Gasteiger partial charge in [-0.3, -0.25) is 9.36 Å². The molecule has 2 heterocycles. The molecule has 0 unspecified atom stereocenters. The van der Waals surface area contributed by atoms with Gasteiger partial charge in [0.1, 0.15) is 5.54 Å². The number of hydrogen-bond acceptors (Lipinski definition) is 5. The van der Waals surface area contributed by atoms with E-state index in [9.17, 15) is 4.79 Å². The van der Waals surface area contributed by atoms with Gasteiger partial charge >= 0.3 is 0 Å². The van der Waals surface area contributed by atoms with Gasteiger partial charge in [0, 0.05) is 18.1 Å². The monoisotopic (exact) mass is 431 g/mol. The van der Waals surface area contributed by atoms with Gasteiger partial charge in [-0.25, -0.2) is 0 Å². The summed E-state index contributed by atoms with van der Waals surface area (Å²) in [5, 5.41) is 13.1. The van der Waals surface area contributed by atoms with Crippen LogP contribution in [0.4, 0.5) is 5.95 Å². The molecule has 1 aliphatic heterocycles. The molecule has 1 fully saturated rings. The van der Waals surface area contributed by atoms with Crippen LogP contribution in [0.2, 0.25) is 5.02 Å². The zero-order valence-electron chi connectivity index (χ0n) is 16.8. The van der Waals surface area contributed by atoms with E-state index in [2.05, 4.69) is 26.3 Å². The number of nitrogens with zero attached hydrogens (tertiary/aromatic N) is 4. The Hall–Kier alpha value is -2.17. The molecule has 1 aromatic heterocycles. The summed E-state index contributed by atoms with van der Waals surface area (Å²) >= 11 is 7.56. The normalized spacial score (nSPS) is 14.1. The molecule has 1 amide bonds. The second kappa shape index (κ2) is 9.55. The lowest BCUT2D eigenvalue weighted by atomic mass is 9.94. The Labute approximate surface area is 181 Å². The highest BCUT2D eigenvalue weighted by molar-refractivity contribution is 7.99. The summed E-state index contributed by atoms with van der Waals surface area (Å²) in [6, 6.07) is 7.58. The Morgan fingerprint density at radius 3 is 2.66 bits per heavy atom. The van der Waals surface area contributed by atoms with Crippen LogP contribution in [-0.4, -0.2) is 45.1 Å². The Morgan fingerprint density at radius 2 is 2.03 bits per heavy atom. The fourth-order valence-corrected chi connectivity index (χ4v) is 4.35. The van der Waals surface area contributed by atoms with Crippen LogP contribution in [0.5, 0.6) is 0 Å². The quantitative estimate of drug-likeness (QED) is 0.507. The minimum absolute atomic E-state index is 0.111. The van der Waals surface area contributed by atoms with E-state index in [0.717, 1.165) is 37.6 Å². The fourth-order valence-electron chi connectivity index (χ4n) is 3.42. The average molecular weight is 432 g/mol. The number of nitrogens with one attached hydrogen (secondary N) is 1. The van der Waals surface area contributed by atoms with Crippen LogP contribution in [0.1, 0.15) is 39.5 Å². The third kappa shape index (κ3) is 4.88.